The molecule has 0 aliphatic carbocycles. The minimum atomic E-state index is -0.581. The van der Waals surface area contributed by atoms with Gasteiger partial charge in [-0.25, -0.2) is 4.79 Å². The number of ether oxygens (including phenoxy) is 2. The van der Waals surface area contributed by atoms with Gasteiger partial charge < -0.3 is 19.7 Å². The van der Waals surface area contributed by atoms with Crippen molar-refractivity contribution in [3.63, 3.8) is 0 Å². The molecule has 0 saturated carbocycles. The Labute approximate surface area is 244 Å². The van der Waals surface area contributed by atoms with Crippen molar-refractivity contribution in [3.05, 3.63) is 70.3 Å². The van der Waals surface area contributed by atoms with Crippen molar-refractivity contribution >= 4 is 29.3 Å². The van der Waals surface area contributed by atoms with E-state index in [1.165, 1.54) is 0 Å². The van der Waals surface area contributed by atoms with Crippen LogP contribution in [-0.2, 0) is 9.53 Å². The molecule has 3 aromatic rings. The highest BCUT2D eigenvalue weighted by molar-refractivity contribution is 6.30. The molecule has 5 rings (SSSR count). The van der Waals surface area contributed by atoms with Crippen molar-refractivity contribution in [1.29, 1.82) is 0 Å². The highest BCUT2D eigenvalue weighted by atomic mass is 35.5. The number of likely N-dealkylation sites (tertiary alicyclic amines) is 1. The molecule has 0 bridgehead atoms. The summed E-state index contributed by atoms with van der Waals surface area (Å²) in [6.07, 6.45) is 1.06. The molecule has 0 spiro atoms. The third kappa shape index (κ3) is 6.37. The SMILES string of the molecule is COc1ccc2c(c1)C(c1ccc(Cl)cc1)=N[C@@H](CC(=O)NC1CCN(C(=O)OC(C)(C)C)CC1)c1nnc(C)n1-2. The van der Waals surface area contributed by atoms with Gasteiger partial charge in [-0.3, -0.25) is 14.4 Å². The Morgan fingerprint density at radius 3 is 2.44 bits per heavy atom. The first-order valence-electron chi connectivity index (χ1n) is 13.7. The number of methoxy groups -OCH3 is 1. The van der Waals surface area contributed by atoms with E-state index in [4.69, 9.17) is 26.1 Å². The lowest BCUT2D eigenvalue weighted by atomic mass is 10.00. The number of carbonyl (C=O) groups excluding carboxylic acids is 2. The number of fused-ring (bicyclic) bond motifs is 3. The summed E-state index contributed by atoms with van der Waals surface area (Å²) >= 11 is 6.19. The first-order chi connectivity index (χ1) is 19.5. The molecular formula is C30H35ClN6O4. The van der Waals surface area contributed by atoms with Gasteiger partial charge in [0.2, 0.25) is 5.91 Å². The van der Waals surface area contributed by atoms with E-state index in [0.29, 0.717) is 54.1 Å². The molecule has 1 saturated heterocycles. The van der Waals surface area contributed by atoms with E-state index in [2.05, 4.69) is 15.5 Å². The summed E-state index contributed by atoms with van der Waals surface area (Å²) in [6, 6.07) is 12.6. The zero-order chi connectivity index (χ0) is 29.3. The van der Waals surface area contributed by atoms with Crippen molar-refractivity contribution in [2.75, 3.05) is 20.2 Å². The fourth-order valence-electron chi connectivity index (χ4n) is 5.17. The van der Waals surface area contributed by atoms with E-state index in [1.807, 2.05) is 74.7 Å². The molecule has 1 aromatic heterocycles. The number of aryl methyl sites for hydroxylation is 1. The Morgan fingerprint density at radius 2 is 1.78 bits per heavy atom. The lowest BCUT2D eigenvalue weighted by molar-refractivity contribution is -0.122. The van der Waals surface area contributed by atoms with Gasteiger partial charge in [0.05, 0.1) is 24.9 Å². The molecule has 3 heterocycles. The number of aliphatic imine (C=N–C) groups is 1. The fraction of sp³-hybridized carbons (Fsp3) is 0.433. The van der Waals surface area contributed by atoms with Crippen molar-refractivity contribution in [3.8, 4) is 11.4 Å². The summed E-state index contributed by atoms with van der Waals surface area (Å²) in [5.74, 6) is 1.83. The maximum Gasteiger partial charge on any atom is 0.410 e. The van der Waals surface area contributed by atoms with Crippen molar-refractivity contribution in [2.45, 2.75) is 64.6 Å². The largest absolute Gasteiger partial charge is 0.497 e. The van der Waals surface area contributed by atoms with Crippen LogP contribution in [0.25, 0.3) is 5.69 Å². The van der Waals surface area contributed by atoms with Gasteiger partial charge >= 0.3 is 6.09 Å². The van der Waals surface area contributed by atoms with Crippen LogP contribution in [0.2, 0.25) is 5.02 Å². The number of carbonyl (C=O) groups is 2. The van der Waals surface area contributed by atoms with Crippen LogP contribution >= 0.6 is 11.6 Å². The Hall–Kier alpha value is -3.92. The van der Waals surface area contributed by atoms with Gasteiger partial charge in [0.1, 0.15) is 23.2 Å². The molecule has 1 N–H and O–H groups in total. The van der Waals surface area contributed by atoms with Gasteiger partial charge in [-0.2, -0.15) is 0 Å². The normalized spacial score (nSPS) is 17.2. The molecule has 2 aromatic carbocycles. The van der Waals surface area contributed by atoms with Crippen LogP contribution in [0, 0.1) is 6.92 Å². The second-order valence-corrected chi connectivity index (χ2v) is 11.8. The number of benzene rings is 2. The summed E-state index contributed by atoms with van der Waals surface area (Å²) < 4.78 is 13.0. The minimum Gasteiger partial charge on any atom is -0.497 e. The molecular weight excluding hydrogens is 544 g/mol. The average Bonchev–Trinajstić information content (AvgIpc) is 3.25. The van der Waals surface area contributed by atoms with Gasteiger partial charge in [-0.1, -0.05) is 23.7 Å². The smallest absolute Gasteiger partial charge is 0.410 e. The third-order valence-corrected chi connectivity index (χ3v) is 7.39. The number of halogens is 1. The highest BCUT2D eigenvalue weighted by Crippen LogP contribution is 2.34. The standard InChI is InChI=1S/C30H35ClN6O4/c1-18-34-35-28-24(17-26(38)32-21-12-14-36(15-13-21)29(39)41-30(2,3)4)33-27(19-6-8-20(31)9-7-19)23-16-22(40-5)10-11-25(23)37(18)28/h6-11,16,21,24H,12-15,17H2,1-5H3,(H,32,38)/t24-/m0/s1. The highest BCUT2D eigenvalue weighted by Gasteiger charge is 2.32. The molecule has 0 unspecified atom stereocenters. The molecule has 216 valence electrons. The number of hydrogen-bond acceptors (Lipinski definition) is 7. The molecule has 2 aliphatic heterocycles. The van der Waals surface area contributed by atoms with Gasteiger partial charge in [0.25, 0.3) is 0 Å². The van der Waals surface area contributed by atoms with E-state index in [0.717, 1.165) is 16.8 Å². The summed E-state index contributed by atoms with van der Waals surface area (Å²) in [5.41, 5.74) is 2.72. The number of hydrogen-bond donors (Lipinski definition) is 1. The van der Waals surface area contributed by atoms with Crippen LogP contribution < -0.4 is 10.1 Å². The van der Waals surface area contributed by atoms with E-state index >= 15 is 0 Å². The first-order valence-corrected chi connectivity index (χ1v) is 14.1. The molecule has 1 atom stereocenters. The Morgan fingerprint density at radius 1 is 1.07 bits per heavy atom. The van der Waals surface area contributed by atoms with Crippen LogP contribution in [-0.4, -0.2) is 69.2 Å². The van der Waals surface area contributed by atoms with Crippen LogP contribution in [0.4, 0.5) is 4.79 Å². The summed E-state index contributed by atoms with van der Waals surface area (Å²) in [5, 5.41) is 12.6. The molecule has 1 fully saturated rings. The van der Waals surface area contributed by atoms with Gasteiger partial charge in [0, 0.05) is 35.3 Å². The average molecular weight is 579 g/mol. The van der Waals surface area contributed by atoms with Gasteiger partial charge in [-0.05, 0) is 70.9 Å². The number of piperidine rings is 1. The molecule has 2 aliphatic rings. The zero-order valence-electron chi connectivity index (χ0n) is 24.0. The lowest BCUT2D eigenvalue weighted by Crippen LogP contribution is -2.48. The summed E-state index contributed by atoms with van der Waals surface area (Å²) in [7, 11) is 1.62. The molecule has 41 heavy (non-hydrogen) atoms. The zero-order valence-corrected chi connectivity index (χ0v) is 24.7. The van der Waals surface area contributed by atoms with Crippen LogP contribution in [0.3, 0.4) is 0 Å². The molecule has 2 amide bonds. The van der Waals surface area contributed by atoms with Crippen LogP contribution in [0.5, 0.6) is 5.75 Å². The summed E-state index contributed by atoms with van der Waals surface area (Å²) in [4.78, 5) is 32.6. The molecule has 0 radical (unpaired) electrons. The van der Waals surface area contributed by atoms with E-state index in [1.54, 1.807) is 12.0 Å². The van der Waals surface area contributed by atoms with E-state index in [9.17, 15) is 9.59 Å². The molecule has 11 heteroatoms. The van der Waals surface area contributed by atoms with Crippen molar-refractivity contribution in [2.24, 2.45) is 4.99 Å². The monoisotopic (exact) mass is 578 g/mol. The lowest BCUT2D eigenvalue weighted by Gasteiger charge is -2.33. The summed E-state index contributed by atoms with van der Waals surface area (Å²) in [6.45, 7) is 8.48. The quantitative estimate of drug-likeness (QED) is 0.454. The predicted octanol–water partition coefficient (Wildman–Crippen LogP) is 5.04. The van der Waals surface area contributed by atoms with E-state index < -0.39 is 11.6 Å². The topological polar surface area (TPSA) is 111 Å². The second kappa shape index (κ2) is 11.5. The maximum atomic E-state index is 13.4. The van der Waals surface area contributed by atoms with Crippen molar-refractivity contribution < 1.29 is 19.1 Å². The maximum absolute atomic E-state index is 13.4. The Bertz CT molecular complexity index is 1470. The van der Waals surface area contributed by atoms with Crippen LogP contribution in [0.1, 0.15) is 68.9 Å². The number of nitrogens with zero attached hydrogens (tertiary/aromatic N) is 5. The van der Waals surface area contributed by atoms with Crippen molar-refractivity contribution in [1.82, 2.24) is 25.0 Å². The second-order valence-electron chi connectivity index (χ2n) is 11.3. The Kier molecular flexibility index (Phi) is 8.04. The van der Waals surface area contributed by atoms with E-state index in [-0.39, 0.29) is 24.5 Å². The number of amides is 2. The number of aromatic nitrogens is 3. The Balaban J connectivity index is 1.39. The molecule has 10 nitrogen and oxygen atoms in total. The number of rotatable bonds is 5. The fourth-order valence-corrected chi connectivity index (χ4v) is 5.30. The number of nitrogens with one attached hydrogen (secondary N) is 1. The minimum absolute atomic E-state index is 0.0484. The van der Waals surface area contributed by atoms with Gasteiger partial charge in [0.15, 0.2) is 5.82 Å². The van der Waals surface area contributed by atoms with Crippen LogP contribution in [0.15, 0.2) is 47.5 Å². The first kappa shape index (κ1) is 28.6. The third-order valence-electron chi connectivity index (χ3n) is 7.14. The predicted molar refractivity (Wildman–Crippen MR) is 156 cm³/mol. The van der Waals surface area contributed by atoms with Gasteiger partial charge in [-0.15, -0.1) is 10.2 Å².